The van der Waals surface area contributed by atoms with Gasteiger partial charge in [-0.25, -0.2) is 0 Å². The van der Waals surface area contributed by atoms with E-state index >= 15 is 0 Å². The molecule has 84 valence electrons. The highest BCUT2D eigenvalue weighted by atomic mass is 16.5. The Hall–Kier alpha value is -1.68. The third-order valence-electron chi connectivity index (χ3n) is 2.45. The van der Waals surface area contributed by atoms with Crippen molar-refractivity contribution < 1.29 is 4.52 Å². The zero-order valence-electron chi connectivity index (χ0n) is 9.31. The molecule has 16 heavy (non-hydrogen) atoms. The predicted octanol–water partition coefficient (Wildman–Crippen LogP) is 1.94. The molecule has 0 aliphatic carbocycles. The molecule has 0 saturated carbocycles. The van der Waals surface area contributed by atoms with E-state index in [1.165, 1.54) is 0 Å². The van der Waals surface area contributed by atoms with E-state index in [1.807, 2.05) is 31.2 Å². The second-order valence-electron chi connectivity index (χ2n) is 3.72. The van der Waals surface area contributed by atoms with E-state index in [1.54, 1.807) is 0 Å². The summed E-state index contributed by atoms with van der Waals surface area (Å²) in [6.07, 6.45) is 1.65. The minimum Gasteiger partial charge on any atom is -0.334 e. The van der Waals surface area contributed by atoms with E-state index in [4.69, 9.17) is 10.3 Å². The number of nitrogens with two attached hydrogens (primary N) is 1. The highest BCUT2D eigenvalue weighted by Crippen LogP contribution is 2.20. The van der Waals surface area contributed by atoms with Gasteiger partial charge in [0.2, 0.25) is 0 Å². The molecule has 0 bridgehead atoms. The fraction of sp³-hybridized carbons (Fsp3) is 0.333. The van der Waals surface area contributed by atoms with Gasteiger partial charge in [-0.05, 0) is 31.5 Å². The lowest BCUT2D eigenvalue weighted by molar-refractivity contribution is 0.421. The lowest BCUT2D eigenvalue weighted by atomic mass is 10.1. The monoisotopic (exact) mass is 217 g/mol. The van der Waals surface area contributed by atoms with Gasteiger partial charge in [0, 0.05) is 12.0 Å². The Morgan fingerprint density at radius 3 is 2.88 bits per heavy atom. The van der Waals surface area contributed by atoms with Gasteiger partial charge < -0.3 is 10.3 Å². The quantitative estimate of drug-likeness (QED) is 0.849. The first-order valence-corrected chi connectivity index (χ1v) is 5.40. The average molecular weight is 217 g/mol. The third-order valence-corrected chi connectivity index (χ3v) is 2.45. The molecule has 4 heteroatoms. The van der Waals surface area contributed by atoms with E-state index in [9.17, 15) is 0 Å². The molecule has 2 rings (SSSR count). The second kappa shape index (κ2) is 4.90. The van der Waals surface area contributed by atoms with Crippen molar-refractivity contribution in [3.05, 3.63) is 35.7 Å². The van der Waals surface area contributed by atoms with Crippen molar-refractivity contribution in [3.63, 3.8) is 0 Å². The van der Waals surface area contributed by atoms with Gasteiger partial charge in [0.05, 0.1) is 0 Å². The van der Waals surface area contributed by atoms with Gasteiger partial charge in [0.25, 0.3) is 5.89 Å². The maximum atomic E-state index is 5.43. The standard InChI is InChI=1S/C12H15N3O/c1-9-5-2-3-6-10(9)12-14-11(15-16-12)7-4-8-13/h2-3,5-6H,4,7-8,13H2,1H3. The molecule has 0 aliphatic heterocycles. The minimum atomic E-state index is 0.588. The summed E-state index contributed by atoms with van der Waals surface area (Å²) in [7, 11) is 0. The summed E-state index contributed by atoms with van der Waals surface area (Å²) in [6.45, 7) is 2.67. The first kappa shape index (κ1) is 10.8. The van der Waals surface area contributed by atoms with Gasteiger partial charge >= 0.3 is 0 Å². The molecule has 1 heterocycles. The molecule has 1 aromatic heterocycles. The summed E-state index contributed by atoms with van der Waals surface area (Å²) < 4.78 is 5.23. The summed E-state index contributed by atoms with van der Waals surface area (Å²) in [5, 5.41) is 3.93. The zero-order chi connectivity index (χ0) is 11.4. The molecule has 2 N–H and O–H groups in total. The van der Waals surface area contributed by atoms with E-state index in [0.29, 0.717) is 12.4 Å². The first-order valence-electron chi connectivity index (χ1n) is 5.40. The molecular weight excluding hydrogens is 202 g/mol. The number of nitrogens with zero attached hydrogens (tertiary/aromatic N) is 2. The van der Waals surface area contributed by atoms with Gasteiger partial charge in [0.15, 0.2) is 5.82 Å². The van der Waals surface area contributed by atoms with Crippen LogP contribution in [0, 0.1) is 6.92 Å². The van der Waals surface area contributed by atoms with Crippen molar-refractivity contribution in [2.75, 3.05) is 6.54 Å². The molecule has 0 atom stereocenters. The maximum absolute atomic E-state index is 5.43. The van der Waals surface area contributed by atoms with Crippen molar-refractivity contribution in [2.45, 2.75) is 19.8 Å². The smallest absolute Gasteiger partial charge is 0.258 e. The molecule has 0 spiro atoms. The number of aryl methyl sites for hydroxylation is 2. The molecule has 1 aromatic carbocycles. The number of hydrogen-bond acceptors (Lipinski definition) is 4. The Kier molecular flexibility index (Phi) is 3.31. The summed E-state index contributed by atoms with van der Waals surface area (Å²) >= 11 is 0. The largest absolute Gasteiger partial charge is 0.334 e. The average Bonchev–Trinajstić information content (AvgIpc) is 2.75. The van der Waals surface area contributed by atoms with E-state index in [-0.39, 0.29) is 0 Å². The van der Waals surface area contributed by atoms with Gasteiger partial charge in [-0.2, -0.15) is 4.98 Å². The number of hydrogen-bond donors (Lipinski definition) is 1. The fourth-order valence-corrected chi connectivity index (χ4v) is 1.54. The first-order chi connectivity index (χ1) is 7.81. The lowest BCUT2D eigenvalue weighted by Gasteiger charge is -1.97. The zero-order valence-corrected chi connectivity index (χ0v) is 9.31. The SMILES string of the molecule is Cc1ccccc1-c1nc(CCCN)no1. The fourth-order valence-electron chi connectivity index (χ4n) is 1.54. The normalized spacial score (nSPS) is 10.6. The number of aromatic nitrogens is 2. The Morgan fingerprint density at radius 2 is 2.12 bits per heavy atom. The Morgan fingerprint density at radius 1 is 1.31 bits per heavy atom. The van der Waals surface area contributed by atoms with Gasteiger partial charge in [-0.15, -0.1) is 0 Å². The Balaban J connectivity index is 2.22. The Labute approximate surface area is 94.5 Å². The van der Waals surface area contributed by atoms with Gasteiger partial charge in [0.1, 0.15) is 0 Å². The van der Waals surface area contributed by atoms with Crippen LogP contribution >= 0.6 is 0 Å². The van der Waals surface area contributed by atoms with Gasteiger partial charge in [-0.1, -0.05) is 23.4 Å². The molecule has 0 unspecified atom stereocenters. The van der Waals surface area contributed by atoms with Crippen LogP contribution in [0.25, 0.3) is 11.5 Å². The third kappa shape index (κ3) is 2.28. The molecule has 2 aromatic rings. The molecular formula is C12H15N3O. The summed E-state index contributed by atoms with van der Waals surface area (Å²) in [4.78, 5) is 4.35. The van der Waals surface area contributed by atoms with Crippen molar-refractivity contribution in [1.82, 2.24) is 10.1 Å². The van der Waals surface area contributed by atoms with Crippen LogP contribution in [-0.2, 0) is 6.42 Å². The van der Waals surface area contributed by atoms with Gasteiger partial charge in [-0.3, -0.25) is 0 Å². The van der Waals surface area contributed by atoms with Crippen LogP contribution in [0.5, 0.6) is 0 Å². The number of benzene rings is 1. The highest BCUT2D eigenvalue weighted by Gasteiger charge is 2.09. The van der Waals surface area contributed by atoms with Crippen LogP contribution < -0.4 is 5.73 Å². The van der Waals surface area contributed by atoms with Crippen LogP contribution in [0.2, 0.25) is 0 Å². The van der Waals surface area contributed by atoms with Crippen LogP contribution in [0.15, 0.2) is 28.8 Å². The lowest BCUT2D eigenvalue weighted by Crippen LogP contribution is -2.01. The number of rotatable bonds is 4. The molecule has 0 fully saturated rings. The van der Waals surface area contributed by atoms with E-state index < -0.39 is 0 Å². The molecule has 0 saturated heterocycles. The highest BCUT2D eigenvalue weighted by molar-refractivity contribution is 5.57. The van der Waals surface area contributed by atoms with Crippen LogP contribution in [0.3, 0.4) is 0 Å². The molecule has 0 amide bonds. The predicted molar refractivity (Wildman–Crippen MR) is 61.8 cm³/mol. The second-order valence-corrected chi connectivity index (χ2v) is 3.72. The summed E-state index contributed by atoms with van der Waals surface area (Å²) in [6, 6.07) is 7.96. The van der Waals surface area contributed by atoms with Crippen molar-refractivity contribution in [2.24, 2.45) is 5.73 Å². The van der Waals surface area contributed by atoms with Crippen LogP contribution in [0.4, 0.5) is 0 Å². The van der Waals surface area contributed by atoms with E-state index in [0.717, 1.165) is 29.8 Å². The molecule has 0 aliphatic rings. The minimum absolute atomic E-state index is 0.588. The van der Waals surface area contributed by atoms with Crippen molar-refractivity contribution in [1.29, 1.82) is 0 Å². The van der Waals surface area contributed by atoms with Crippen LogP contribution in [0.1, 0.15) is 17.8 Å². The summed E-state index contributed by atoms with van der Waals surface area (Å²) in [5.74, 6) is 1.31. The topological polar surface area (TPSA) is 64.9 Å². The molecule has 4 nitrogen and oxygen atoms in total. The van der Waals surface area contributed by atoms with Crippen LogP contribution in [-0.4, -0.2) is 16.7 Å². The maximum Gasteiger partial charge on any atom is 0.258 e. The van der Waals surface area contributed by atoms with E-state index in [2.05, 4.69) is 10.1 Å². The summed E-state index contributed by atoms with van der Waals surface area (Å²) in [5.41, 5.74) is 7.56. The van der Waals surface area contributed by atoms with Crippen molar-refractivity contribution >= 4 is 0 Å². The molecule has 0 radical (unpaired) electrons. The van der Waals surface area contributed by atoms with Crippen molar-refractivity contribution in [3.8, 4) is 11.5 Å². The Bertz CT molecular complexity index is 465.